The van der Waals surface area contributed by atoms with Crippen LogP contribution in [-0.4, -0.2) is 35.6 Å². The Labute approximate surface area is 141 Å². The summed E-state index contributed by atoms with van der Waals surface area (Å²) in [7, 11) is 3.74. The summed E-state index contributed by atoms with van der Waals surface area (Å²) < 4.78 is 5.24. The van der Waals surface area contributed by atoms with Crippen LogP contribution in [0.25, 0.3) is 11.0 Å². The van der Waals surface area contributed by atoms with Crippen molar-refractivity contribution in [2.24, 2.45) is 0 Å². The molecule has 0 bridgehead atoms. The van der Waals surface area contributed by atoms with E-state index in [1.54, 1.807) is 7.11 Å². The molecule has 1 aromatic heterocycles. The Morgan fingerprint density at radius 1 is 1.25 bits per heavy atom. The van der Waals surface area contributed by atoms with Gasteiger partial charge >= 0.3 is 0 Å². The summed E-state index contributed by atoms with van der Waals surface area (Å²) in [5, 5.41) is 8.97. The van der Waals surface area contributed by atoms with Gasteiger partial charge in [-0.3, -0.25) is 0 Å². The molecule has 0 spiro atoms. The molecule has 0 aliphatic rings. The molecule has 0 saturated heterocycles. The number of rotatable bonds is 6. The van der Waals surface area contributed by atoms with Crippen LogP contribution in [0, 0.1) is 11.3 Å². The maximum Gasteiger partial charge on any atom is 0.121 e. The summed E-state index contributed by atoms with van der Waals surface area (Å²) in [6, 6.07) is 15.8. The number of benzene rings is 2. The molecule has 3 rings (SSSR count). The lowest BCUT2D eigenvalue weighted by Gasteiger charge is -2.16. The van der Waals surface area contributed by atoms with Crippen LogP contribution in [-0.2, 0) is 13.0 Å². The molecule has 0 radical (unpaired) electrons. The Bertz CT molecular complexity index is 878. The van der Waals surface area contributed by atoms with Gasteiger partial charge in [-0.1, -0.05) is 12.1 Å². The average molecular weight is 320 g/mol. The summed E-state index contributed by atoms with van der Waals surface area (Å²) in [5.74, 6) is 1.79. The van der Waals surface area contributed by atoms with E-state index in [0.29, 0.717) is 5.56 Å². The topological polar surface area (TPSA) is 64.9 Å². The van der Waals surface area contributed by atoms with E-state index in [9.17, 15) is 0 Å². The van der Waals surface area contributed by atoms with Gasteiger partial charge in [-0.05, 0) is 36.9 Å². The van der Waals surface area contributed by atoms with Crippen molar-refractivity contribution in [2.75, 3.05) is 20.7 Å². The maximum absolute atomic E-state index is 8.97. The second-order valence-electron chi connectivity index (χ2n) is 5.87. The van der Waals surface area contributed by atoms with Crippen LogP contribution in [0.2, 0.25) is 0 Å². The summed E-state index contributed by atoms with van der Waals surface area (Å²) in [5.41, 5.74) is 3.79. The quantitative estimate of drug-likeness (QED) is 0.758. The predicted molar refractivity (Wildman–Crippen MR) is 93.8 cm³/mol. The second kappa shape index (κ2) is 7.16. The van der Waals surface area contributed by atoms with E-state index in [2.05, 4.69) is 28.0 Å². The number of imidazole rings is 1. The van der Waals surface area contributed by atoms with Gasteiger partial charge in [0.1, 0.15) is 11.6 Å². The molecule has 5 nitrogen and oxygen atoms in total. The summed E-state index contributed by atoms with van der Waals surface area (Å²) >= 11 is 0. The molecule has 1 N–H and O–H groups in total. The summed E-state index contributed by atoms with van der Waals surface area (Å²) in [6.45, 7) is 1.69. The smallest absolute Gasteiger partial charge is 0.121 e. The van der Waals surface area contributed by atoms with Crippen LogP contribution in [0.3, 0.4) is 0 Å². The minimum absolute atomic E-state index is 0.701. The highest BCUT2D eigenvalue weighted by molar-refractivity contribution is 5.76. The number of nitrogens with one attached hydrogen (secondary N) is 1. The molecule has 0 unspecified atom stereocenters. The fourth-order valence-electron chi connectivity index (χ4n) is 2.71. The van der Waals surface area contributed by atoms with E-state index in [1.165, 1.54) is 0 Å². The number of methoxy groups -OCH3 is 1. The van der Waals surface area contributed by atoms with Gasteiger partial charge in [0.25, 0.3) is 0 Å². The lowest BCUT2D eigenvalue weighted by atomic mass is 10.1. The minimum atomic E-state index is 0.701. The number of nitrogens with zero attached hydrogens (tertiary/aromatic N) is 3. The number of hydrogen-bond acceptors (Lipinski definition) is 4. The minimum Gasteiger partial charge on any atom is -0.497 e. The van der Waals surface area contributed by atoms with Gasteiger partial charge < -0.3 is 14.6 Å². The first-order valence-electron chi connectivity index (χ1n) is 7.88. The molecule has 0 saturated carbocycles. The molecule has 24 heavy (non-hydrogen) atoms. The SMILES string of the molecule is COc1ccc2nc(CCN(C)Cc3cccc(C#N)c3)[nH]c2c1. The highest BCUT2D eigenvalue weighted by Crippen LogP contribution is 2.19. The van der Waals surface area contributed by atoms with Crippen LogP contribution in [0.1, 0.15) is 17.0 Å². The Morgan fingerprint density at radius 3 is 2.92 bits per heavy atom. The second-order valence-corrected chi connectivity index (χ2v) is 5.87. The fraction of sp³-hybridized carbons (Fsp3) is 0.263. The third-order valence-corrected chi connectivity index (χ3v) is 3.98. The number of nitriles is 1. The first kappa shape index (κ1) is 16.0. The number of likely N-dealkylation sites (N-methyl/N-ethyl adjacent to an activating group) is 1. The first-order valence-corrected chi connectivity index (χ1v) is 7.88. The van der Waals surface area contributed by atoms with E-state index in [4.69, 9.17) is 10.00 Å². The van der Waals surface area contributed by atoms with Crippen molar-refractivity contribution < 1.29 is 4.74 Å². The first-order chi connectivity index (χ1) is 11.7. The lowest BCUT2D eigenvalue weighted by Crippen LogP contribution is -2.21. The van der Waals surface area contributed by atoms with Crippen molar-refractivity contribution in [1.29, 1.82) is 5.26 Å². The molecule has 3 aromatic rings. The van der Waals surface area contributed by atoms with Crippen LogP contribution in [0.15, 0.2) is 42.5 Å². The van der Waals surface area contributed by atoms with E-state index in [1.807, 2.05) is 42.5 Å². The van der Waals surface area contributed by atoms with Gasteiger partial charge in [0, 0.05) is 25.6 Å². The van der Waals surface area contributed by atoms with Crippen molar-refractivity contribution in [1.82, 2.24) is 14.9 Å². The fourth-order valence-corrected chi connectivity index (χ4v) is 2.71. The zero-order valence-electron chi connectivity index (χ0n) is 13.9. The molecule has 2 aromatic carbocycles. The molecule has 0 atom stereocenters. The Kier molecular flexibility index (Phi) is 4.78. The number of H-pyrrole nitrogens is 1. The van der Waals surface area contributed by atoms with Crippen LogP contribution in [0.4, 0.5) is 0 Å². The van der Waals surface area contributed by atoms with Crippen molar-refractivity contribution in [3.63, 3.8) is 0 Å². The van der Waals surface area contributed by atoms with Gasteiger partial charge in [-0.2, -0.15) is 5.26 Å². The maximum atomic E-state index is 8.97. The number of aromatic amines is 1. The molecular formula is C19H20N4O. The molecule has 5 heteroatoms. The number of aromatic nitrogens is 2. The number of fused-ring (bicyclic) bond motifs is 1. The Morgan fingerprint density at radius 2 is 2.12 bits per heavy atom. The van der Waals surface area contributed by atoms with Gasteiger partial charge in [0.05, 0.1) is 29.8 Å². The highest BCUT2D eigenvalue weighted by Gasteiger charge is 2.07. The van der Waals surface area contributed by atoms with Gasteiger partial charge in [-0.15, -0.1) is 0 Å². The zero-order valence-corrected chi connectivity index (χ0v) is 13.9. The average Bonchev–Trinajstić information content (AvgIpc) is 3.02. The molecule has 122 valence electrons. The van der Waals surface area contributed by atoms with E-state index in [0.717, 1.165) is 47.7 Å². The Hall–Kier alpha value is -2.84. The van der Waals surface area contributed by atoms with Gasteiger partial charge in [-0.25, -0.2) is 4.98 Å². The molecule has 0 amide bonds. The molecule has 0 aliphatic carbocycles. The van der Waals surface area contributed by atoms with Crippen molar-refractivity contribution in [3.8, 4) is 11.8 Å². The van der Waals surface area contributed by atoms with E-state index >= 15 is 0 Å². The van der Waals surface area contributed by atoms with Crippen LogP contribution < -0.4 is 4.74 Å². The van der Waals surface area contributed by atoms with Crippen LogP contribution >= 0.6 is 0 Å². The molecule has 0 aliphatic heterocycles. The van der Waals surface area contributed by atoms with Gasteiger partial charge in [0.2, 0.25) is 0 Å². The van der Waals surface area contributed by atoms with E-state index in [-0.39, 0.29) is 0 Å². The van der Waals surface area contributed by atoms with Crippen molar-refractivity contribution in [2.45, 2.75) is 13.0 Å². The lowest BCUT2D eigenvalue weighted by molar-refractivity contribution is 0.329. The van der Waals surface area contributed by atoms with E-state index < -0.39 is 0 Å². The third-order valence-electron chi connectivity index (χ3n) is 3.98. The monoisotopic (exact) mass is 320 g/mol. The van der Waals surface area contributed by atoms with Crippen molar-refractivity contribution >= 4 is 11.0 Å². The predicted octanol–water partition coefficient (Wildman–Crippen LogP) is 3.12. The van der Waals surface area contributed by atoms with Gasteiger partial charge in [0.15, 0.2) is 0 Å². The summed E-state index contributed by atoms with van der Waals surface area (Å²) in [6.07, 6.45) is 0.839. The third kappa shape index (κ3) is 3.73. The van der Waals surface area contributed by atoms with Crippen molar-refractivity contribution in [3.05, 3.63) is 59.4 Å². The zero-order chi connectivity index (χ0) is 16.9. The Balaban J connectivity index is 1.61. The largest absolute Gasteiger partial charge is 0.497 e. The standard InChI is InChI=1S/C19H20N4O/c1-23(13-15-5-3-4-14(10-15)12-20)9-8-19-21-17-7-6-16(24-2)11-18(17)22-19/h3-7,10-11H,8-9,13H2,1-2H3,(H,21,22). The number of ether oxygens (including phenoxy) is 1. The molecule has 0 fully saturated rings. The van der Waals surface area contributed by atoms with Crippen LogP contribution in [0.5, 0.6) is 5.75 Å². The normalized spacial score (nSPS) is 10.9. The number of hydrogen-bond donors (Lipinski definition) is 1. The summed E-state index contributed by atoms with van der Waals surface area (Å²) in [4.78, 5) is 10.2. The highest BCUT2D eigenvalue weighted by atomic mass is 16.5. The molecular weight excluding hydrogens is 300 g/mol. The molecule has 1 heterocycles.